The molecule has 2 heterocycles. The lowest BCUT2D eigenvalue weighted by Crippen LogP contribution is -2.38. The van der Waals surface area contributed by atoms with Crippen LogP contribution in [0.2, 0.25) is 5.02 Å². The number of nitrogens with zero attached hydrogens (tertiary/aromatic N) is 2. The fraction of sp³-hybridized carbons (Fsp3) is 0.136. The Hall–Kier alpha value is -3.16. The molecule has 0 spiro atoms. The third kappa shape index (κ3) is 4.08. The number of carbonyl (C=O) groups excluding carboxylic acids is 2. The number of furan rings is 1. The second-order valence-electron chi connectivity index (χ2n) is 6.74. The van der Waals surface area contributed by atoms with E-state index in [-0.39, 0.29) is 29.9 Å². The number of nitrogens with one attached hydrogen (secondary N) is 1. The van der Waals surface area contributed by atoms with Crippen LogP contribution in [0.5, 0.6) is 0 Å². The van der Waals surface area contributed by atoms with E-state index in [0.29, 0.717) is 22.2 Å². The van der Waals surface area contributed by atoms with Gasteiger partial charge in [0.1, 0.15) is 11.8 Å². The summed E-state index contributed by atoms with van der Waals surface area (Å²) in [6, 6.07) is 18.9. The van der Waals surface area contributed by atoms with Gasteiger partial charge in [0.05, 0.1) is 29.9 Å². The first-order chi connectivity index (χ1) is 14.5. The molecule has 2 aromatic carbocycles. The van der Waals surface area contributed by atoms with Crippen molar-refractivity contribution in [2.24, 2.45) is 0 Å². The van der Waals surface area contributed by atoms with Crippen molar-refractivity contribution >= 4 is 52.1 Å². The third-order valence-electron chi connectivity index (χ3n) is 4.74. The van der Waals surface area contributed by atoms with E-state index in [4.69, 9.17) is 28.2 Å². The van der Waals surface area contributed by atoms with Gasteiger partial charge in [-0.25, -0.2) is 0 Å². The summed E-state index contributed by atoms with van der Waals surface area (Å²) < 4.78 is 5.37. The molecule has 0 aliphatic carbocycles. The highest BCUT2D eigenvalue weighted by Gasteiger charge is 2.45. The number of para-hydroxylation sites is 2. The molecule has 1 saturated heterocycles. The first-order valence-corrected chi connectivity index (χ1v) is 10.1. The predicted molar refractivity (Wildman–Crippen MR) is 119 cm³/mol. The average Bonchev–Trinajstić information content (AvgIpc) is 3.33. The van der Waals surface area contributed by atoms with E-state index in [1.807, 2.05) is 24.3 Å². The summed E-state index contributed by atoms with van der Waals surface area (Å²) in [4.78, 5) is 29.0. The molecule has 4 rings (SSSR count). The summed E-state index contributed by atoms with van der Waals surface area (Å²) in [5.41, 5.74) is 1.24. The second kappa shape index (κ2) is 8.69. The highest BCUT2D eigenvalue weighted by Crippen LogP contribution is 2.34. The molecule has 1 aromatic heterocycles. The first-order valence-electron chi connectivity index (χ1n) is 9.31. The predicted octanol–water partition coefficient (Wildman–Crippen LogP) is 4.46. The van der Waals surface area contributed by atoms with E-state index in [9.17, 15) is 9.59 Å². The number of thiocarbonyl (C=S) groups is 1. The van der Waals surface area contributed by atoms with Gasteiger partial charge in [-0.05, 0) is 48.6 Å². The van der Waals surface area contributed by atoms with Gasteiger partial charge in [-0.2, -0.15) is 0 Å². The van der Waals surface area contributed by atoms with Crippen LogP contribution in [-0.2, 0) is 16.1 Å². The Kier molecular flexibility index (Phi) is 5.83. The van der Waals surface area contributed by atoms with Crippen molar-refractivity contribution in [2.45, 2.75) is 19.0 Å². The molecule has 8 heteroatoms. The highest BCUT2D eigenvalue weighted by atomic mass is 35.5. The van der Waals surface area contributed by atoms with Crippen molar-refractivity contribution < 1.29 is 14.0 Å². The van der Waals surface area contributed by atoms with Crippen LogP contribution in [0.15, 0.2) is 77.4 Å². The van der Waals surface area contributed by atoms with Crippen LogP contribution in [0, 0.1) is 0 Å². The van der Waals surface area contributed by atoms with Crippen LogP contribution in [0.4, 0.5) is 11.4 Å². The van der Waals surface area contributed by atoms with E-state index >= 15 is 0 Å². The van der Waals surface area contributed by atoms with Gasteiger partial charge in [0.15, 0.2) is 5.11 Å². The number of benzene rings is 2. The molecule has 6 nitrogen and oxygen atoms in total. The van der Waals surface area contributed by atoms with Crippen LogP contribution in [0.25, 0.3) is 0 Å². The number of halogens is 1. The van der Waals surface area contributed by atoms with Crippen molar-refractivity contribution in [3.63, 3.8) is 0 Å². The smallest absolute Gasteiger partial charge is 0.252 e. The zero-order valence-electron chi connectivity index (χ0n) is 15.8. The summed E-state index contributed by atoms with van der Waals surface area (Å²) in [5.74, 6) is 0.0259. The Bertz CT molecular complexity index is 1070. The van der Waals surface area contributed by atoms with Crippen molar-refractivity contribution in [3.8, 4) is 0 Å². The summed E-state index contributed by atoms with van der Waals surface area (Å²) in [7, 11) is 0. The monoisotopic (exact) mass is 439 g/mol. The minimum Gasteiger partial charge on any atom is -0.467 e. The van der Waals surface area contributed by atoms with Gasteiger partial charge in [-0.15, -0.1) is 0 Å². The molecule has 0 bridgehead atoms. The van der Waals surface area contributed by atoms with Gasteiger partial charge in [0.2, 0.25) is 5.91 Å². The molecular formula is C22H18ClN3O3S. The molecule has 1 atom stereocenters. The zero-order chi connectivity index (χ0) is 21.1. The SMILES string of the molecule is O=C(CC1C(=O)N(Cc2ccco2)C(=S)N1c1ccccc1Cl)Nc1ccccc1. The van der Waals surface area contributed by atoms with E-state index in [1.54, 1.807) is 47.4 Å². The zero-order valence-corrected chi connectivity index (χ0v) is 17.4. The van der Waals surface area contributed by atoms with E-state index in [0.717, 1.165) is 0 Å². The number of carbonyl (C=O) groups is 2. The molecule has 0 radical (unpaired) electrons. The number of hydrogen-bond acceptors (Lipinski definition) is 4. The maximum Gasteiger partial charge on any atom is 0.252 e. The largest absolute Gasteiger partial charge is 0.467 e. The molecule has 152 valence electrons. The summed E-state index contributed by atoms with van der Waals surface area (Å²) in [6.45, 7) is 0.183. The summed E-state index contributed by atoms with van der Waals surface area (Å²) in [5, 5.41) is 3.55. The number of amides is 2. The Balaban J connectivity index is 1.62. The quantitative estimate of drug-likeness (QED) is 0.574. The normalized spacial score (nSPS) is 16.2. The molecule has 1 unspecified atom stereocenters. The maximum atomic E-state index is 13.3. The van der Waals surface area contributed by atoms with Gasteiger partial charge in [0.25, 0.3) is 5.91 Å². The van der Waals surface area contributed by atoms with Crippen molar-refractivity contribution in [2.75, 3.05) is 10.2 Å². The standard InChI is InChI=1S/C22H18ClN3O3S/c23-17-10-4-5-11-18(17)26-19(13-20(27)24-15-7-2-1-3-8-15)21(28)25(22(26)30)14-16-9-6-12-29-16/h1-12,19H,13-14H2,(H,24,27). The number of rotatable bonds is 6. The fourth-order valence-corrected chi connectivity index (χ4v) is 3.96. The molecule has 2 amide bonds. The van der Waals surface area contributed by atoms with E-state index in [2.05, 4.69) is 5.32 Å². The Morgan fingerprint density at radius 2 is 1.80 bits per heavy atom. The van der Waals surface area contributed by atoms with Crippen LogP contribution in [-0.4, -0.2) is 27.9 Å². The molecule has 1 aliphatic rings. The molecule has 1 aliphatic heterocycles. The van der Waals surface area contributed by atoms with Crippen molar-refractivity contribution in [1.82, 2.24) is 4.90 Å². The number of hydrogen-bond donors (Lipinski definition) is 1. The Morgan fingerprint density at radius 1 is 1.07 bits per heavy atom. The lowest BCUT2D eigenvalue weighted by molar-refractivity contribution is -0.129. The molecular weight excluding hydrogens is 422 g/mol. The minimum atomic E-state index is -0.809. The maximum absolute atomic E-state index is 13.3. The minimum absolute atomic E-state index is 0.0756. The van der Waals surface area contributed by atoms with Gasteiger partial charge in [0, 0.05) is 5.69 Å². The lowest BCUT2D eigenvalue weighted by atomic mass is 10.1. The lowest BCUT2D eigenvalue weighted by Gasteiger charge is -2.24. The van der Waals surface area contributed by atoms with Crippen molar-refractivity contribution in [1.29, 1.82) is 0 Å². The summed E-state index contributed by atoms with van der Waals surface area (Å²) >= 11 is 12.0. The van der Waals surface area contributed by atoms with Crippen molar-refractivity contribution in [3.05, 3.63) is 83.8 Å². The van der Waals surface area contributed by atoms with Gasteiger partial charge in [-0.3, -0.25) is 14.5 Å². The van der Waals surface area contributed by atoms with Gasteiger partial charge >= 0.3 is 0 Å². The second-order valence-corrected chi connectivity index (χ2v) is 7.51. The van der Waals surface area contributed by atoms with Crippen LogP contribution < -0.4 is 10.2 Å². The van der Waals surface area contributed by atoms with E-state index in [1.165, 1.54) is 11.2 Å². The van der Waals surface area contributed by atoms with Crippen LogP contribution in [0.3, 0.4) is 0 Å². The Labute approximate surface area is 184 Å². The molecule has 1 N–H and O–H groups in total. The number of anilines is 2. The summed E-state index contributed by atoms with van der Waals surface area (Å²) in [6.07, 6.45) is 1.46. The fourth-order valence-electron chi connectivity index (χ4n) is 3.36. The van der Waals surface area contributed by atoms with Crippen LogP contribution >= 0.6 is 23.8 Å². The van der Waals surface area contributed by atoms with Crippen LogP contribution in [0.1, 0.15) is 12.2 Å². The van der Waals surface area contributed by atoms with Gasteiger partial charge in [-0.1, -0.05) is 41.9 Å². The Morgan fingerprint density at radius 3 is 2.50 bits per heavy atom. The molecule has 3 aromatic rings. The van der Waals surface area contributed by atoms with E-state index < -0.39 is 6.04 Å². The first kappa shape index (κ1) is 20.1. The van der Waals surface area contributed by atoms with Gasteiger partial charge < -0.3 is 14.6 Å². The third-order valence-corrected chi connectivity index (χ3v) is 5.48. The highest BCUT2D eigenvalue weighted by molar-refractivity contribution is 7.80. The topological polar surface area (TPSA) is 65.8 Å². The molecule has 0 saturated carbocycles. The molecule has 1 fully saturated rings. The molecule has 30 heavy (non-hydrogen) atoms. The average molecular weight is 440 g/mol.